The van der Waals surface area contributed by atoms with Crippen LogP contribution in [0.4, 0.5) is 0 Å². The standard InChI is InChI=1S/C22H17NO4S2/c24-22(27-14-21-23-19-11-4-5-12-20(19)28-21)17-8-6-7-16(13-17)15-29(25,26)18-9-2-1-3-10-18/h1-13H,14-15H2. The predicted octanol–water partition coefficient (Wildman–Crippen LogP) is 4.63. The van der Waals surface area contributed by atoms with Gasteiger partial charge in [0.1, 0.15) is 11.6 Å². The molecule has 0 amide bonds. The van der Waals surface area contributed by atoms with Gasteiger partial charge in [-0.25, -0.2) is 18.2 Å². The lowest BCUT2D eigenvalue weighted by Gasteiger charge is -2.07. The maximum absolute atomic E-state index is 12.6. The van der Waals surface area contributed by atoms with Gasteiger partial charge in [0.25, 0.3) is 0 Å². The van der Waals surface area contributed by atoms with E-state index in [-0.39, 0.29) is 17.3 Å². The van der Waals surface area contributed by atoms with Gasteiger partial charge < -0.3 is 4.74 Å². The van der Waals surface area contributed by atoms with Crippen LogP contribution in [0.25, 0.3) is 10.2 Å². The molecule has 0 aliphatic heterocycles. The number of aromatic nitrogens is 1. The first kappa shape index (κ1) is 19.3. The normalized spacial score (nSPS) is 11.4. The zero-order chi connectivity index (χ0) is 20.3. The number of ether oxygens (including phenoxy) is 1. The van der Waals surface area contributed by atoms with Crippen LogP contribution in [0.5, 0.6) is 0 Å². The lowest BCUT2D eigenvalue weighted by Crippen LogP contribution is -2.08. The molecule has 0 N–H and O–H groups in total. The number of carbonyl (C=O) groups is 1. The summed E-state index contributed by atoms with van der Waals surface area (Å²) >= 11 is 1.48. The third kappa shape index (κ3) is 4.52. The van der Waals surface area contributed by atoms with E-state index >= 15 is 0 Å². The molecule has 0 bridgehead atoms. The molecule has 0 unspecified atom stereocenters. The number of thiazole rings is 1. The van der Waals surface area contributed by atoms with Gasteiger partial charge in [0.05, 0.1) is 26.4 Å². The van der Waals surface area contributed by atoms with E-state index in [2.05, 4.69) is 4.98 Å². The minimum atomic E-state index is -3.49. The van der Waals surface area contributed by atoms with Crippen molar-refractivity contribution in [2.75, 3.05) is 0 Å². The number of hydrogen-bond acceptors (Lipinski definition) is 6. The Morgan fingerprint density at radius 1 is 0.931 bits per heavy atom. The highest BCUT2D eigenvalue weighted by molar-refractivity contribution is 7.90. The van der Waals surface area contributed by atoms with E-state index in [4.69, 9.17) is 4.74 Å². The molecule has 0 aliphatic rings. The van der Waals surface area contributed by atoms with Crippen molar-refractivity contribution in [3.05, 3.63) is 95.0 Å². The maximum atomic E-state index is 12.6. The summed E-state index contributed by atoms with van der Waals surface area (Å²) in [6.45, 7) is 0.0741. The Morgan fingerprint density at radius 2 is 1.69 bits per heavy atom. The van der Waals surface area contributed by atoms with Crippen LogP contribution in [0.3, 0.4) is 0 Å². The minimum Gasteiger partial charge on any atom is -0.455 e. The summed E-state index contributed by atoms with van der Waals surface area (Å²) in [6.07, 6.45) is 0. The molecule has 7 heteroatoms. The Kier molecular flexibility index (Phi) is 5.42. The van der Waals surface area contributed by atoms with Crippen LogP contribution in [-0.4, -0.2) is 19.4 Å². The largest absolute Gasteiger partial charge is 0.455 e. The minimum absolute atomic E-state index is 0.0741. The number of sulfone groups is 1. The number of benzene rings is 3. The molecular formula is C22H17NO4S2. The van der Waals surface area contributed by atoms with Gasteiger partial charge in [0.2, 0.25) is 0 Å². The Morgan fingerprint density at radius 3 is 2.48 bits per heavy atom. The topological polar surface area (TPSA) is 73.3 Å². The molecule has 3 aromatic carbocycles. The van der Waals surface area contributed by atoms with Gasteiger partial charge in [-0.05, 0) is 42.0 Å². The van der Waals surface area contributed by atoms with Crippen molar-refractivity contribution in [2.45, 2.75) is 17.3 Å². The Bertz CT molecular complexity index is 1230. The second-order valence-electron chi connectivity index (χ2n) is 6.42. The monoisotopic (exact) mass is 423 g/mol. The Hall–Kier alpha value is -3.03. The summed E-state index contributed by atoms with van der Waals surface area (Å²) in [6, 6.07) is 22.5. The highest BCUT2D eigenvalue weighted by Gasteiger charge is 2.16. The molecule has 0 fully saturated rings. The third-order valence-electron chi connectivity index (χ3n) is 4.29. The summed E-state index contributed by atoms with van der Waals surface area (Å²) in [5.41, 5.74) is 1.71. The Balaban J connectivity index is 1.45. The number of fused-ring (bicyclic) bond motifs is 1. The van der Waals surface area contributed by atoms with Gasteiger partial charge in [-0.1, -0.05) is 42.5 Å². The number of para-hydroxylation sites is 1. The molecule has 5 nitrogen and oxygen atoms in total. The smallest absolute Gasteiger partial charge is 0.338 e. The third-order valence-corrected chi connectivity index (χ3v) is 7.00. The van der Waals surface area contributed by atoms with Crippen LogP contribution < -0.4 is 0 Å². The molecule has 0 radical (unpaired) electrons. The van der Waals surface area contributed by atoms with Crippen molar-refractivity contribution < 1.29 is 17.9 Å². The molecule has 0 aliphatic carbocycles. The molecule has 1 heterocycles. The summed E-state index contributed by atoms with van der Waals surface area (Å²) in [7, 11) is -3.49. The first-order valence-corrected chi connectivity index (χ1v) is 11.4. The van der Waals surface area contributed by atoms with Crippen molar-refractivity contribution in [1.29, 1.82) is 0 Å². The van der Waals surface area contributed by atoms with Gasteiger partial charge in [-0.2, -0.15) is 0 Å². The highest BCUT2D eigenvalue weighted by atomic mass is 32.2. The second kappa shape index (κ2) is 8.14. The zero-order valence-corrected chi connectivity index (χ0v) is 16.9. The van der Waals surface area contributed by atoms with Gasteiger partial charge in [-0.15, -0.1) is 11.3 Å². The summed E-state index contributed by atoms with van der Waals surface area (Å²) < 4.78 is 31.5. The number of hydrogen-bond donors (Lipinski definition) is 0. The van der Waals surface area contributed by atoms with Gasteiger partial charge in [0.15, 0.2) is 9.84 Å². The first-order chi connectivity index (χ1) is 14.0. The van der Waals surface area contributed by atoms with Crippen LogP contribution in [0.1, 0.15) is 20.9 Å². The number of carbonyl (C=O) groups excluding carboxylic acids is 1. The van der Waals surface area contributed by atoms with Crippen molar-refractivity contribution in [1.82, 2.24) is 4.98 Å². The SMILES string of the molecule is O=C(OCc1nc2ccccc2s1)c1cccc(CS(=O)(=O)c2ccccc2)c1. The lowest BCUT2D eigenvalue weighted by atomic mass is 10.1. The molecule has 1 aromatic heterocycles. The van der Waals surface area contributed by atoms with E-state index in [1.165, 1.54) is 11.3 Å². The van der Waals surface area contributed by atoms with Crippen molar-refractivity contribution >= 4 is 37.4 Å². The van der Waals surface area contributed by atoms with Crippen molar-refractivity contribution in [3.63, 3.8) is 0 Å². The van der Waals surface area contributed by atoms with E-state index in [0.717, 1.165) is 10.2 Å². The van der Waals surface area contributed by atoms with E-state index in [1.807, 2.05) is 24.3 Å². The average molecular weight is 424 g/mol. The van der Waals surface area contributed by atoms with E-state index < -0.39 is 15.8 Å². The molecule has 4 aromatic rings. The van der Waals surface area contributed by atoms with Gasteiger partial charge in [0, 0.05) is 0 Å². The van der Waals surface area contributed by atoms with Crippen molar-refractivity contribution in [2.24, 2.45) is 0 Å². The first-order valence-electron chi connectivity index (χ1n) is 8.90. The van der Waals surface area contributed by atoms with Crippen LogP contribution in [-0.2, 0) is 26.9 Å². The molecule has 0 saturated carbocycles. The highest BCUT2D eigenvalue weighted by Crippen LogP contribution is 2.22. The van der Waals surface area contributed by atoms with E-state index in [9.17, 15) is 13.2 Å². The number of rotatable bonds is 6. The van der Waals surface area contributed by atoms with E-state index in [0.29, 0.717) is 16.1 Å². The predicted molar refractivity (Wildman–Crippen MR) is 113 cm³/mol. The molecule has 0 atom stereocenters. The molecular weight excluding hydrogens is 406 g/mol. The van der Waals surface area contributed by atoms with E-state index in [1.54, 1.807) is 54.6 Å². The second-order valence-corrected chi connectivity index (χ2v) is 9.53. The quantitative estimate of drug-likeness (QED) is 0.423. The lowest BCUT2D eigenvalue weighted by molar-refractivity contribution is 0.0472. The fourth-order valence-corrected chi connectivity index (χ4v) is 5.15. The fourth-order valence-electron chi connectivity index (χ4n) is 2.91. The van der Waals surface area contributed by atoms with Crippen LogP contribution in [0, 0.1) is 0 Å². The van der Waals surface area contributed by atoms with Crippen LogP contribution in [0.2, 0.25) is 0 Å². The fraction of sp³-hybridized carbons (Fsp3) is 0.0909. The average Bonchev–Trinajstić information content (AvgIpc) is 3.15. The van der Waals surface area contributed by atoms with Crippen LogP contribution >= 0.6 is 11.3 Å². The molecule has 4 rings (SSSR count). The van der Waals surface area contributed by atoms with Crippen LogP contribution in [0.15, 0.2) is 83.8 Å². The summed E-state index contributed by atoms with van der Waals surface area (Å²) in [5, 5.41) is 0.711. The Labute approximate surface area is 172 Å². The number of esters is 1. The molecule has 0 saturated heterocycles. The molecule has 29 heavy (non-hydrogen) atoms. The summed E-state index contributed by atoms with van der Waals surface area (Å²) in [5.74, 6) is -0.695. The molecule has 146 valence electrons. The summed E-state index contributed by atoms with van der Waals surface area (Å²) in [4.78, 5) is 17.1. The molecule has 0 spiro atoms. The maximum Gasteiger partial charge on any atom is 0.338 e. The van der Waals surface area contributed by atoms with Gasteiger partial charge >= 0.3 is 5.97 Å². The van der Waals surface area contributed by atoms with Crippen molar-refractivity contribution in [3.8, 4) is 0 Å². The zero-order valence-electron chi connectivity index (χ0n) is 15.3. The number of nitrogens with zero attached hydrogens (tertiary/aromatic N) is 1. The van der Waals surface area contributed by atoms with Gasteiger partial charge in [-0.3, -0.25) is 0 Å².